The number of halogens is 2. The molecular weight excluding hydrogens is 308 g/mol. The van der Waals surface area contributed by atoms with Gasteiger partial charge in [-0.1, -0.05) is 0 Å². The monoisotopic (exact) mass is 321 g/mol. The lowest BCUT2D eigenvalue weighted by Gasteiger charge is -2.22. The number of benzene rings is 1. The van der Waals surface area contributed by atoms with Crippen LogP contribution in [-0.2, 0) is 16.2 Å². The van der Waals surface area contributed by atoms with E-state index < -0.39 is 29.4 Å². The lowest BCUT2D eigenvalue weighted by Crippen LogP contribution is -2.40. The van der Waals surface area contributed by atoms with Crippen molar-refractivity contribution in [1.29, 1.82) is 0 Å². The molecule has 8 heteroatoms. The zero-order valence-corrected chi connectivity index (χ0v) is 11.9. The second kappa shape index (κ2) is 5.88. The first-order chi connectivity index (χ1) is 11.0. The number of piperidine rings is 1. The van der Waals surface area contributed by atoms with Crippen molar-refractivity contribution in [3.63, 3.8) is 0 Å². The number of hydrogen-bond acceptors (Lipinski definition) is 4. The molecule has 6 nitrogen and oxygen atoms in total. The lowest BCUT2D eigenvalue weighted by atomic mass is 9.89. The van der Waals surface area contributed by atoms with Gasteiger partial charge in [0.2, 0.25) is 11.8 Å². The average molecular weight is 321 g/mol. The van der Waals surface area contributed by atoms with Gasteiger partial charge in [0, 0.05) is 30.3 Å². The lowest BCUT2D eigenvalue weighted by molar-refractivity contribution is -0.134. The van der Waals surface area contributed by atoms with Gasteiger partial charge < -0.3 is 5.11 Å². The maximum Gasteiger partial charge on any atom is 0.234 e. The molecule has 1 aromatic heterocycles. The number of carbonyl (C=O) groups excluding carboxylic acids is 2. The molecule has 1 atom stereocenters. The first-order valence-electron chi connectivity index (χ1n) is 6.98. The van der Waals surface area contributed by atoms with E-state index >= 15 is 0 Å². The van der Waals surface area contributed by atoms with Crippen LogP contribution in [0.5, 0.6) is 0 Å². The van der Waals surface area contributed by atoms with Gasteiger partial charge in [0.05, 0.1) is 23.9 Å². The summed E-state index contributed by atoms with van der Waals surface area (Å²) in [7, 11) is 0. The van der Waals surface area contributed by atoms with E-state index in [-0.39, 0.29) is 30.7 Å². The van der Waals surface area contributed by atoms with Gasteiger partial charge >= 0.3 is 0 Å². The van der Waals surface area contributed by atoms with Gasteiger partial charge in [0.25, 0.3) is 0 Å². The molecule has 0 bridgehead atoms. The Morgan fingerprint density at radius 1 is 1.30 bits per heavy atom. The van der Waals surface area contributed by atoms with Gasteiger partial charge in [-0.2, -0.15) is 5.10 Å². The SMILES string of the molecule is O=C1CC[C@H](c2c(F)cc(-n3ccc(CO)n3)cc2F)C(=O)N1. The first-order valence-corrected chi connectivity index (χ1v) is 6.98. The molecule has 0 spiro atoms. The third-order valence-corrected chi connectivity index (χ3v) is 3.72. The standard InChI is InChI=1S/C15H13F2N3O3/c16-11-5-9(20-4-3-8(7-21)19-20)6-12(17)14(11)10-1-2-13(22)18-15(10)23/h3-6,10,21H,1-2,7H2,(H,18,22,23)/t10-/m1/s1. The largest absolute Gasteiger partial charge is 0.390 e. The summed E-state index contributed by atoms with van der Waals surface area (Å²) in [6, 6.07) is 3.65. The molecule has 23 heavy (non-hydrogen) atoms. The molecule has 0 saturated carbocycles. The van der Waals surface area contributed by atoms with Crippen LogP contribution >= 0.6 is 0 Å². The molecule has 1 saturated heterocycles. The topological polar surface area (TPSA) is 84.2 Å². The molecule has 0 radical (unpaired) electrons. The minimum atomic E-state index is -1.03. The highest BCUT2D eigenvalue weighted by Gasteiger charge is 2.32. The van der Waals surface area contributed by atoms with Crippen LogP contribution in [0.4, 0.5) is 8.78 Å². The zero-order chi connectivity index (χ0) is 16.6. The van der Waals surface area contributed by atoms with Crippen LogP contribution in [0.25, 0.3) is 5.69 Å². The fourth-order valence-corrected chi connectivity index (χ4v) is 2.59. The van der Waals surface area contributed by atoms with Gasteiger partial charge in [-0.05, 0) is 12.5 Å². The summed E-state index contributed by atoms with van der Waals surface area (Å²) in [5.74, 6) is -3.94. The third kappa shape index (κ3) is 2.85. The minimum absolute atomic E-state index is 0.0378. The van der Waals surface area contributed by atoms with E-state index in [2.05, 4.69) is 10.4 Å². The first kappa shape index (κ1) is 15.3. The quantitative estimate of drug-likeness (QED) is 0.831. The van der Waals surface area contributed by atoms with Gasteiger partial charge in [0.1, 0.15) is 11.6 Å². The highest BCUT2D eigenvalue weighted by atomic mass is 19.1. The fourth-order valence-electron chi connectivity index (χ4n) is 2.59. The Hall–Kier alpha value is -2.61. The highest BCUT2D eigenvalue weighted by molar-refractivity contribution is 6.01. The molecule has 3 rings (SSSR count). The molecule has 0 aliphatic carbocycles. The molecule has 1 aromatic carbocycles. The summed E-state index contributed by atoms with van der Waals surface area (Å²) in [5, 5.41) is 15.0. The van der Waals surface area contributed by atoms with Crippen LogP contribution in [0.2, 0.25) is 0 Å². The Balaban J connectivity index is 1.97. The van der Waals surface area contributed by atoms with E-state index in [1.807, 2.05) is 0 Å². The Morgan fingerprint density at radius 3 is 2.57 bits per heavy atom. The van der Waals surface area contributed by atoms with Crippen molar-refractivity contribution in [3.05, 3.63) is 47.3 Å². The summed E-state index contributed by atoms with van der Waals surface area (Å²) in [4.78, 5) is 22.9. The van der Waals surface area contributed by atoms with Crippen molar-refractivity contribution in [2.45, 2.75) is 25.4 Å². The predicted molar refractivity (Wildman–Crippen MR) is 74.5 cm³/mol. The van der Waals surface area contributed by atoms with Crippen LogP contribution in [0.3, 0.4) is 0 Å². The minimum Gasteiger partial charge on any atom is -0.390 e. The molecule has 1 aliphatic rings. The fraction of sp³-hybridized carbons (Fsp3) is 0.267. The van der Waals surface area contributed by atoms with E-state index in [1.54, 1.807) is 0 Å². The molecule has 2 amide bonds. The van der Waals surface area contributed by atoms with E-state index in [0.29, 0.717) is 5.69 Å². The number of amides is 2. The van der Waals surface area contributed by atoms with E-state index in [4.69, 9.17) is 5.11 Å². The molecule has 2 N–H and O–H groups in total. The molecular formula is C15H13F2N3O3. The third-order valence-electron chi connectivity index (χ3n) is 3.72. The maximum absolute atomic E-state index is 14.3. The van der Waals surface area contributed by atoms with Crippen LogP contribution in [0.1, 0.15) is 30.0 Å². The second-order valence-electron chi connectivity index (χ2n) is 5.24. The van der Waals surface area contributed by atoms with Crippen molar-refractivity contribution >= 4 is 11.8 Å². The molecule has 0 unspecified atom stereocenters. The van der Waals surface area contributed by atoms with Crippen LogP contribution < -0.4 is 5.32 Å². The van der Waals surface area contributed by atoms with Crippen molar-refractivity contribution in [2.75, 3.05) is 0 Å². The Bertz CT molecular complexity index is 765. The van der Waals surface area contributed by atoms with E-state index in [1.165, 1.54) is 16.9 Å². The Morgan fingerprint density at radius 2 is 2.00 bits per heavy atom. The number of aliphatic hydroxyl groups is 1. The summed E-state index contributed by atoms with van der Waals surface area (Å²) >= 11 is 0. The number of carbonyl (C=O) groups is 2. The van der Waals surface area contributed by atoms with Crippen LogP contribution in [-0.4, -0.2) is 26.7 Å². The summed E-state index contributed by atoms with van der Waals surface area (Å²) in [6.45, 7) is -0.285. The molecule has 2 aromatic rings. The summed E-state index contributed by atoms with van der Waals surface area (Å²) < 4.78 is 29.9. The van der Waals surface area contributed by atoms with E-state index in [0.717, 1.165) is 12.1 Å². The number of nitrogens with zero attached hydrogens (tertiary/aromatic N) is 2. The molecule has 2 heterocycles. The zero-order valence-electron chi connectivity index (χ0n) is 11.9. The number of aliphatic hydroxyl groups excluding tert-OH is 1. The van der Waals surface area contributed by atoms with Crippen molar-refractivity contribution < 1.29 is 23.5 Å². The van der Waals surface area contributed by atoms with Crippen molar-refractivity contribution in [2.24, 2.45) is 0 Å². The number of rotatable bonds is 3. The number of nitrogens with one attached hydrogen (secondary N) is 1. The normalized spacial score (nSPS) is 18.1. The summed E-state index contributed by atoms with van der Waals surface area (Å²) in [5.41, 5.74) is 0.143. The van der Waals surface area contributed by atoms with Crippen molar-refractivity contribution in [1.82, 2.24) is 15.1 Å². The van der Waals surface area contributed by atoms with Gasteiger partial charge in [-0.3, -0.25) is 14.9 Å². The van der Waals surface area contributed by atoms with Gasteiger partial charge in [-0.15, -0.1) is 0 Å². The molecule has 1 aliphatic heterocycles. The smallest absolute Gasteiger partial charge is 0.234 e. The second-order valence-corrected chi connectivity index (χ2v) is 5.24. The average Bonchev–Trinajstić information content (AvgIpc) is 2.97. The number of imide groups is 1. The Kier molecular flexibility index (Phi) is 3.91. The maximum atomic E-state index is 14.3. The summed E-state index contributed by atoms with van der Waals surface area (Å²) in [6.07, 6.45) is 1.57. The van der Waals surface area contributed by atoms with Crippen LogP contribution in [0.15, 0.2) is 24.4 Å². The van der Waals surface area contributed by atoms with Crippen molar-refractivity contribution in [3.8, 4) is 5.69 Å². The molecule has 120 valence electrons. The Labute approximate surface area is 129 Å². The highest BCUT2D eigenvalue weighted by Crippen LogP contribution is 2.30. The van der Waals surface area contributed by atoms with Crippen LogP contribution in [0, 0.1) is 11.6 Å². The molecule has 1 fully saturated rings. The van der Waals surface area contributed by atoms with Gasteiger partial charge in [0.15, 0.2) is 0 Å². The number of aromatic nitrogens is 2. The number of hydrogen-bond donors (Lipinski definition) is 2. The van der Waals surface area contributed by atoms with Gasteiger partial charge in [-0.25, -0.2) is 13.5 Å². The van der Waals surface area contributed by atoms with E-state index in [9.17, 15) is 18.4 Å². The predicted octanol–water partition coefficient (Wildman–Crippen LogP) is 1.16.